The van der Waals surface area contributed by atoms with Gasteiger partial charge in [-0.2, -0.15) is 0 Å². The molecule has 2 aromatic carbocycles. The molecular formula is C19H21IN2O3. The summed E-state index contributed by atoms with van der Waals surface area (Å²) in [5.74, 6) is -0.614. The zero-order valence-electron chi connectivity index (χ0n) is 14.2. The van der Waals surface area contributed by atoms with Gasteiger partial charge in [-0.25, -0.2) is 0 Å². The number of anilines is 1. The Morgan fingerprint density at radius 3 is 2.56 bits per heavy atom. The van der Waals surface area contributed by atoms with Crippen molar-refractivity contribution in [3.63, 3.8) is 0 Å². The second-order valence-electron chi connectivity index (χ2n) is 5.61. The molecule has 6 heteroatoms. The fraction of sp³-hybridized carbons (Fsp3) is 0.263. The lowest BCUT2D eigenvalue weighted by atomic mass is 10.0. The topological polar surface area (TPSA) is 81.4 Å². The summed E-state index contributed by atoms with van der Waals surface area (Å²) in [5.41, 5.74) is 8.61. The number of esters is 1. The predicted molar refractivity (Wildman–Crippen MR) is 106 cm³/mol. The van der Waals surface area contributed by atoms with Crippen molar-refractivity contribution in [3.8, 4) is 0 Å². The molecule has 2 aromatic rings. The molecule has 0 fully saturated rings. The molecule has 25 heavy (non-hydrogen) atoms. The Labute approximate surface area is 161 Å². The molecule has 0 saturated heterocycles. The van der Waals surface area contributed by atoms with Crippen LogP contribution in [0, 0.1) is 10.5 Å². The molecule has 2 rings (SSSR count). The number of hydrogen-bond donors (Lipinski definition) is 2. The fourth-order valence-corrected chi connectivity index (χ4v) is 3.14. The molecule has 1 unspecified atom stereocenters. The van der Waals surface area contributed by atoms with Crippen molar-refractivity contribution in [1.82, 2.24) is 5.32 Å². The molecule has 1 amide bonds. The Morgan fingerprint density at radius 2 is 1.92 bits per heavy atom. The number of benzene rings is 2. The fourth-order valence-electron chi connectivity index (χ4n) is 2.50. The van der Waals surface area contributed by atoms with E-state index in [0.717, 1.165) is 14.7 Å². The number of halogens is 1. The van der Waals surface area contributed by atoms with Gasteiger partial charge >= 0.3 is 5.97 Å². The molecule has 0 bridgehead atoms. The predicted octanol–water partition coefficient (Wildman–Crippen LogP) is 3.61. The summed E-state index contributed by atoms with van der Waals surface area (Å²) in [7, 11) is 0. The van der Waals surface area contributed by atoms with Gasteiger partial charge in [-0.05, 0) is 59.7 Å². The Morgan fingerprint density at radius 1 is 1.24 bits per heavy atom. The monoisotopic (exact) mass is 452 g/mol. The third-order valence-electron chi connectivity index (χ3n) is 3.84. The van der Waals surface area contributed by atoms with Crippen LogP contribution in [0.5, 0.6) is 0 Å². The van der Waals surface area contributed by atoms with Crippen molar-refractivity contribution < 1.29 is 14.3 Å². The Bertz CT molecular complexity index is 763. The van der Waals surface area contributed by atoms with E-state index in [4.69, 9.17) is 10.5 Å². The number of rotatable bonds is 6. The number of carbonyl (C=O) groups excluding carboxylic acids is 2. The van der Waals surface area contributed by atoms with Crippen molar-refractivity contribution >= 4 is 40.2 Å². The van der Waals surface area contributed by atoms with E-state index < -0.39 is 6.04 Å². The maximum absolute atomic E-state index is 12.8. The number of ether oxygens (including phenoxy) is 1. The average molecular weight is 452 g/mol. The number of hydrogen-bond acceptors (Lipinski definition) is 4. The first-order chi connectivity index (χ1) is 11.9. The average Bonchev–Trinajstić information content (AvgIpc) is 2.58. The van der Waals surface area contributed by atoms with Gasteiger partial charge in [0.05, 0.1) is 19.1 Å². The Balaban J connectivity index is 2.27. The van der Waals surface area contributed by atoms with E-state index in [1.807, 2.05) is 43.3 Å². The number of nitrogens with one attached hydrogen (secondary N) is 1. The zero-order valence-corrected chi connectivity index (χ0v) is 16.4. The molecule has 0 heterocycles. The lowest BCUT2D eigenvalue weighted by molar-refractivity contribution is -0.143. The largest absolute Gasteiger partial charge is 0.466 e. The molecule has 0 spiro atoms. The molecule has 1 atom stereocenters. The van der Waals surface area contributed by atoms with Crippen LogP contribution in [0.15, 0.2) is 42.5 Å². The van der Waals surface area contributed by atoms with Crippen LogP contribution in [0.1, 0.15) is 40.9 Å². The number of amides is 1. The summed E-state index contributed by atoms with van der Waals surface area (Å²) in [5, 5.41) is 2.94. The highest BCUT2D eigenvalue weighted by molar-refractivity contribution is 14.1. The first-order valence-electron chi connectivity index (χ1n) is 7.99. The van der Waals surface area contributed by atoms with Crippen molar-refractivity contribution in [3.05, 3.63) is 62.7 Å². The van der Waals surface area contributed by atoms with Gasteiger partial charge in [0, 0.05) is 14.8 Å². The normalized spacial score (nSPS) is 11.6. The minimum atomic E-state index is -0.466. The zero-order chi connectivity index (χ0) is 18.4. The maximum atomic E-state index is 12.8. The Hall–Kier alpha value is -2.09. The lowest BCUT2D eigenvalue weighted by Crippen LogP contribution is -2.31. The molecular weight excluding hydrogens is 431 g/mol. The third kappa shape index (κ3) is 5.19. The first kappa shape index (κ1) is 19.2. The van der Waals surface area contributed by atoms with Gasteiger partial charge < -0.3 is 15.8 Å². The van der Waals surface area contributed by atoms with Gasteiger partial charge in [0.1, 0.15) is 0 Å². The van der Waals surface area contributed by atoms with Gasteiger partial charge in [0.2, 0.25) is 0 Å². The molecule has 0 aliphatic carbocycles. The summed E-state index contributed by atoms with van der Waals surface area (Å²) >= 11 is 2.12. The molecule has 132 valence electrons. The minimum Gasteiger partial charge on any atom is -0.466 e. The van der Waals surface area contributed by atoms with E-state index in [0.29, 0.717) is 17.9 Å². The highest BCUT2D eigenvalue weighted by atomic mass is 127. The highest BCUT2D eigenvalue weighted by Crippen LogP contribution is 2.23. The second-order valence-corrected chi connectivity index (χ2v) is 6.86. The highest BCUT2D eigenvalue weighted by Gasteiger charge is 2.21. The second kappa shape index (κ2) is 8.84. The van der Waals surface area contributed by atoms with E-state index >= 15 is 0 Å². The van der Waals surface area contributed by atoms with Gasteiger partial charge in [-0.1, -0.05) is 30.3 Å². The summed E-state index contributed by atoms with van der Waals surface area (Å²) in [6.45, 7) is 3.87. The van der Waals surface area contributed by atoms with Crippen LogP contribution < -0.4 is 11.1 Å². The van der Waals surface area contributed by atoms with E-state index in [9.17, 15) is 9.59 Å². The quantitative estimate of drug-likeness (QED) is 0.399. The summed E-state index contributed by atoms with van der Waals surface area (Å²) in [6, 6.07) is 12.5. The summed E-state index contributed by atoms with van der Waals surface area (Å²) < 4.78 is 5.91. The van der Waals surface area contributed by atoms with Crippen molar-refractivity contribution in [2.24, 2.45) is 0 Å². The van der Waals surface area contributed by atoms with Crippen LogP contribution in [0.2, 0.25) is 0 Å². The molecule has 0 radical (unpaired) electrons. The molecule has 0 aliphatic heterocycles. The van der Waals surface area contributed by atoms with Crippen LogP contribution in [-0.4, -0.2) is 18.5 Å². The van der Waals surface area contributed by atoms with Gasteiger partial charge in [-0.3, -0.25) is 9.59 Å². The number of nitrogens with two attached hydrogens (primary N) is 1. The van der Waals surface area contributed by atoms with Crippen molar-refractivity contribution in [2.45, 2.75) is 26.3 Å². The minimum absolute atomic E-state index is 0.0715. The van der Waals surface area contributed by atoms with Crippen molar-refractivity contribution in [2.75, 3.05) is 12.3 Å². The SMILES string of the molecule is CCOC(=O)CC(NC(=O)c1cc(I)cc(N)c1C)c1ccccc1. The van der Waals surface area contributed by atoms with Crippen molar-refractivity contribution in [1.29, 1.82) is 0 Å². The van der Waals surface area contributed by atoms with Crippen LogP contribution in [-0.2, 0) is 9.53 Å². The third-order valence-corrected chi connectivity index (χ3v) is 4.46. The Kier molecular flexibility index (Phi) is 6.81. The summed E-state index contributed by atoms with van der Waals surface area (Å²) in [4.78, 5) is 24.7. The molecule has 0 aromatic heterocycles. The summed E-state index contributed by atoms with van der Waals surface area (Å²) in [6.07, 6.45) is 0.0715. The van der Waals surface area contributed by atoms with E-state index in [1.54, 1.807) is 13.0 Å². The lowest BCUT2D eigenvalue weighted by Gasteiger charge is -2.19. The first-order valence-corrected chi connectivity index (χ1v) is 9.07. The van der Waals surface area contributed by atoms with E-state index in [2.05, 4.69) is 27.9 Å². The number of nitrogen functional groups attached to an aromatic ring is 1. The van der Waals surface area contributed by atoms with E-state index in [1.165, 1.54) is 0 Å². The van der Waals surface area contributed by atoms with Crippen LogP contribution in [0.3, 0.4) is 0 Å². The van der Waals surface area contributed by atoms with Gasteiger partial charge in [0.25, 0.3) is 5.91 Å². The van der Waals surface area contributed by atoms with Crippen LogP contribution in [0.25, 0.3) is 0 Å². The van der Waals surface area contributed by atoms with Crippen LogP contribution >= 0.6 is 22.6 Å². The van der Waals surface area contributed by atoms with Gasteiger partial charge in [-0.15, -0.1) is 0 Å². The maximum Gasteiger partial charge on any atom is 0.308 e. The molecule has 0 aliphatic rings. The molecule has 0 saturated carbocycles. The van der Waals surface area contributed by atoms with Crippen LogP contribution in [0.4, 0.5) is 5.69 Å². The smallest absolute Gasteiger partial charge is 0.308 e. The number of carbonyl (C=O) groups is 2. The van der Waals surface area contributed by atoms with E-state index in [-0.39, 0.29) is 18.3 Å². The molecule has 3 N–H and O–H groups in total. The van der Waals surface area contributed by atoms with Gasteiger partial charge in [0.15, 0.2) is 0 Å². The molecule has 5 nitrogen and oxygen atoms in total. The standard InChI is InChI=1S/C19H21IN2O3/c1-3-25-18(23)11-17(13-7-5-4-6-8-13)22-19(24)15-9-14(20)10-16(21)12(15)2/h4-10,17H,3,11,21H2,1-2H3,(H,22,24).